The zero-order valence-electron chi connectivity index (χ0n) is 12.0. The molecule has 3 nitrogen and oxygen atoms in total. The van der Waals surface area contributed by atoms with Crippen LogP contribution in [0.1, 0.15) is 46.6 Å². The summed E-state index contributed by atoms with van der Waals surface area (Å²) in [6, 6.07) is 7.98. The van der Waals surface area contributed by atoms with E-state index < -0.39 is 0 Å². The Hall–Kier alpha value is -1.51. The molecule has 0 spiro atoms. The second kappa shape index (κ2) is 5.89. The Labute approximate surface area is 110 Å². The van der Waals surface area contributed by atoms with Crippen LogP contribution in [0.4, 0.5) is 10.5 Å². The fourth-order valence-electron chi connectivity index (χ4n) is 1.73. The summed E-state index contributed by atoms with van der Waals surface area (Å²) in [5.41, 5.74) is 2.04. The zero-order chi connectivity index (χ0) is 13.8. The van der Waals surface area contributed by atoms with Crippen molar-refractivity contribution < 1.29 is 4.79 Å². The van der Waals surface area contributed by atoms with Crippen LogP contribution >= 0.6 is 0 Å². The second-order valence-electron chi connectivity index (χ2n) is 5.70. The van der Waals surface area contributed by atoms with E-state index in [0.717, 1.165) is 17.7 Å². The van der Waals surface area contributed by atoms with Gasteiger partial charge in [0.15, 0.2) is 0 Å². The van der Waals surface area contributed by atoms with E-state index in [1.54, 1.807) is 0 Å². The molecule has 1 rings (SSSR count). The molecular formula is C15H24N2O. The molecule has 0 aliphatic heterocycles. The first-order chi connectivity index (χ1) is 8.34. The van der Waals surface area contributed by atoms with E-state index in [9.17, 15) is 4.79 Å². The van der Waals surface area contributed by atoms with Crippen molar-refractivity contribution in [2.24, 2.45) is 0 Å². The number of hydrogen-bond acceptors (Lipinski definition) is 1. The van der Waals surface area contributed by atoms with Gasteiger partial charge in [0.1, 0.15) is 0 Å². The van der Waals surface area contributed by atoms with Crippen molar-refractivity contribution in [2.75, 3.05) is 5.32 Å². The predicted octanol–water partition coefficient (Wildman–Crippen LogP) is 3.90. The Morgan fingerprint density at radius 1 is 1.28 bits per heavy atom. The van der Waals surface area contributed by atoms with Crippen molar-refractivity contribution in [3.05, 3.63) is 29.8 Å². The average Bonchev–Trinajstić information content (AvgIpc) is 2.27. The third kappa shape index (κ3) is 4.06. The normalized spacial score (nSPS) is 12.9. The molecular weight excluding hydrogens is 224 g/mol. The van der Waals surface area contributed by atoms with Gasteiger partial charge in [-0.1, -0.05) is 45.9 Å². The Morgan fingerprint density at radius 3 is 2.44 bits per heavy atom. The summed E-state index contributed by atoms with van der Waals surface area (Å²) >= 11 is 0. The number of amides is 2. The molecule has 0 saturated heterocycles. The van der Waals surface area contributed by atoms with E-state index in [-0.39, 0.29) is 17.5 Å². The minimum Gasteiger partial charge on any atom is -0.335 e. The fourth-order valence-corrected chi connectivity index (χ4v) is 1.73. The van der Waals surface area contributed by atoms with E-state index in [1.807, 2.05) is 32.0 Å². The number of carbonyl (C=O) groups excluding carboxylic acids is 1. The highest BCUT2D eigenvalue weighted by Gasteiger charge is 2.18. The Bertz CT molecular complexity index is 407. The van der Waals surface area contributed by atoms with Gasteiger partial charge in [-0.05, 0) is 30.4 Å². The van der Waals surface area contributed by atoms with Crippen molar-refractivity contribution in [2.45, 2.75) is 52.5 Å². The van der Waals surface area contributed by atoms with E-state index in [2.05, 4.69) is 37.5 Å². The number of rotatable bonds is 3. The van der Waals surface area contributed by atoms with Gasteiger partial charge in [0, 0.05) is 11.7 Å². The molecule has 1 atom stereocenters. The second-order valence-corrected chi connectivity index (χ2v) is 5.70. The van der Waals surface area contributed by atoms with Crippen LogP contribution in [-0.2, 0) is 5.41 Å². The average molecular weight is 248 g/mol. The standard InChI is InChI=1S/C15H24N2O/c1-6-11(2)16-14(18)17-13-10-8-7-9-12(13)15(3,4)5/h7-11H,6H2,1-5H3,(H2,16,17,18). The quantitative estimate of drug-likeness (QED) is 0.836. The van der Waals surface area contributed by atoms with Gasteiger partial charge in [0.25, 0.3) is 0 Å². The first kappa shape index (κ1) is 14.6. The molecule has 0 aromatic heterocycles. The number of nitrogens with one attached hydrogen (secondary N) is 2. The molecule has 0 radical (unpaired) electrons. The SMILES string of the molecule is CCC(C)NC(=O)Nc1ccccc1C(C)(C)C. The van der Waals surface area contributed by atoms with Crippen LogP contribution in [0.25, 0.3) is 0 Å². The molecule has 0 saturated carbocycles. The van der Waals surface area contributed by atoms with Crippen LogP contribution in [-0.4, -0.2) is 12.1 Å². The number of hydrogen-bond donors (Lipinski definition) is 2. The van der Waals surface area contributed by atoms with Crippen LogP contribution in [0.3, 0.4) is 0 Å². The first-order valence-corrected chi connectivity index (χ1v) is 6.51. The maximum absolute atomic E-state index is 11.8. The van der Waals surface area contributed by atoms with Crippen molar-refractivity contribution in [1.82, 2.24) is 5.32 Å². The highest BCUT2D eigenvalue weighted by atomic mass is 16.2. The minimum absolute atomic E-state index is 0.0141. The number of carbonyl (C=O) groups is 1. The van der Waals surface area contributed by atoms with Crippen molar-refractivity contribution in [3.63, 3.8) is 0 Å². The number of para-hydroxylation sites is 1. The first-order valence-electron chi connectivity index (χ1n) is 6.51. The molecule has 0 heterocycles. The largest absolute Gasteiger partial charge is 0.335 e. The topological polar surface area (TPSA) is 41.1 Å². The number of benzene rings is 1. The lowest BCUT2D eigenvalue weighted by molar-refractivity contribution is 0.249. The molecule has 0 fully saturated rings. The Morgan fingerprint density at radius 2 is 1.89 bits per heavy atom. The minimum atomic E-state index is -0.138. The van der Waals surface area contributed by atoms with Gasteiger partial charge in [-0.3, -0.25) is 0 Å². The third-order valence-electron chi connectivity index (χ3n) is 2.97. The summed E-state index contributed by atoms with van der Waals surface area (Å²) in [5.74, 6) is 0. The van der Waals surface area contributed by atoms with Gasteiger partial charge in [-0.15, -0.1) is 0 Å². The molecule has 1 aromatic carbocycles. The molecule has 1 unspecified atom stereocenters. The van der Waals surface area contributed by atoms with Crippen LogP contribution < -0.4 is 10.6 Å². The lowest BCUT2D eigenvalue weighted by atomic mass is 9.86. The van der Waals surface area contributed by atoms with Gasteiger partial charge >= 0.3 is 6.03 Å². The molecule has 3 heteroatoms. The maximum Gasteiger partial charge on any atom is 0.319 e. The molecule has 100 valence electrons. The van der Waals surface area contributed by atoms with Gasteiger partial charge in [0.05, 0.1) is 0 Å². The smallest absolute Gasteiger partial charge is 0.319 e. The van der Waals surface area contributed by atoms with E-state index in [1.165, 1.54) is 0 Å². The van der Waals surface area contributed by atoms with E-state index in [0.29, 0.717) is 0 Å². The predicted molar refractivity (Wildman–Crippen MR) is 77.0 cm³/mol. The van der Waals surface area contributed by atoms with E-state index in [4.69, 9.17) is 0 Å². The summed E-state index contributed by atoms with van der Waals surface area (Å²) in [7, 11) is 0. The summed E-state index contributed by atoms with van der Waals surface area (Å²) in [6.45, 7) is 10.5. The van der Waals surface area contributed by atoms with Crippen molar-refractivity contribution >= 4 is 11.7 Å². The van der Waals surface area contributed by atoms with Crippen LogP contribution in [0.5, 0.6) is 0 Å². The van der Waals surface area contributed by atoms with Crippen molar-refractivity contribution in [1.29, 1.82) is 0 Å². The fraction of sp³-hybridized carbons (Fsp3) is 0.533. The lowest BCUT2D eigenvalue weighted by Gasteiger charge is -2.23. The monoisotopic (exact) mass is 248 g/mol. The summed E-state index contributed by atoms with van der Waals surface area (Å²) in [6.07, 6.45) is 0.925. The Kier molecular flexibility index (Phi) is 4.76. The molecule has 2 N–H and O–H groups in total. The van der Waals surface area contributed by atoms with Gasteiger partial charge in [-0.2, -0.15) is 0 Å². The van der Waals surface area contributed by atoms with Gasteiger partial charge in [0.2, 0.25) is 0 Å². The summed E-state index contributed by atoms with van der Waals surface area (Å²) < 4.78 is 0. The number of urea groups is 1. The highest BCUT2D eigenvalue weighted by molar-refractivity contribution is 5.90. The zero-order valence-corrected chi connectivity index (χ0v) is 12.0. The van der Waals surface area contributed by atoms with Crippen LogP contribution in [0.2, 0.25) is 0 Å². The van der Waals surface area contributed by atoms with Crippen LogP contribution in [0, 0.1) is 0 Å². The van der Waals surface area contributed by atoms with Gasteiger partial charge < -0.3 is 10.6 Å². The molecule has 18 heavy (non-hydrogen) atoms. The third-order valence-corrected chi connectivity index (χ3v) is 2.97. The Balaban J connectivity index is 2.82. The molecule has 2 amide bonds. The van der Waals surface area contributed by atoms with Gasteiger partial charge in [-0.25, -0.2) is 4.79 Å². The summed E-state index contributed by atoms with van der Waals surface area (Å²) in [5, 5.41) is 5.84. The lowest BCUT2D eigenvalue weighted by Crippen LogP contribution is -2.36. The van der Waals surface area contributed by atoms with Crippen molar-refractivity contribution in [3.8, 4) is 0 Å². The molecule has 1 aromatic rings. The van der Waals surface area contributed by atoms with Crippen LogP contribution in [0.15, 0.2) is 24.3 Å². The molecule has 0 aliphatic carbocycles. The van der Waals surface area contributed by atoms with E-state index >= 15 is 0 Å². The molecule has 0 bridgehead atoms. The molecule has 0 aliphatic rings. The summed E-state index contributed by atoms with van der Waals surface area (Å²) in [4.78, 5) is 11.8. The maximum atomic E-state index is 11.8. The number of anilines is 1. The highest BCUT2D eigenvalue weighted by Crippen LogP contribution is 2.29.